The summed E-state index contributed by atoms with van der Waals surface area (Å²) in [6.45, 7) is 0. The number of hydrogen-bond acceptors (Lipinski definition) is 9. The molecule has 9 heteroatoms. The first-order valence-corrected chi connectivity index (χ1v) is 17.9. The number of nitrogen functional groups attached to an aromatic ring is 3. The summed E-state index contributed by atoms with van der Waals surface area (Å²) in [6.07, 6.45) is 2.33. The molecule has 0 aliphatic rings. The molecule has 9 nitrogen and oxygen atoms in total. The van der Waals surface area contributed by atoms with Gasteiger partial charge in [-0.15, -0.1) is 0 Å². The van der Waals surface area contributed by atoms with Crippen LogP contribution in [0, 0.1) is 0 Å². The van der Waals surface area contributed by atoms with Crippen molar-refractivity contribution >= 4 is 35.9 Å². The van der Waals surface area contributed by atoms with E-state index in [1.165, 1.54) is 0 Å². The minimum atomic E-state index is 0.450. The van der Waals surface area contributed by atoms with Crippen LogP contribution in [0.4, 0.5) is 17.1 Å². The third-order valence-corrected chi connectivity index (χ3v) is 9.22. The van der Waals surface area contributed by atoms with Crippen LogP contribution < -0.4 is 17.2 Å². The molecule has 0 unspecified atom stereocenters. The monoisotopic (exact) mass is 744 g/mol. The second-order valence-electron chi connectivity index (χ2n) is 13.2. The van der Waals surface area contributed by atoms with E-state index in [0.717, 1.165) is 86.0 Å². The molecule has 57 heavy (non-hydrogen) atoms. The Hall–Kier alpha value is -8.04. The summed E-state index contributed by atoms with van der Waals surface area (Å²) < 4.78 is 0. The molecule has 1 aromatic heterocycles. The van der Waals surface area contributed by atoms with E-state index in [9.17, 15) is 14.4 Å². The van der Waals surface area contributed by atoms with Crippen LogP contribution in [-0.4, -0.2) is 33.8 Å². The van der Waals surface area contributed by atoms with Crippen molar-refractivity contribution in [3.8, 4) is 67.5 Å². The van der Waals surface area contributed by atoms with Gasteiger partial charge in [0.05, 0.1) is 0 Å². The van der Waals surface area contributed by atoms with Crippen molar-refractivity contribution in [2.45, 2.75) is 0 Å². The van der Waals surface area contributed by atoms with E-state index in [1.54, 1.807) is 72.8 Å². The van der Waals surface area contributed by atoms with Crippen LogP contribution in [0.15, 0.2) is 164 Å². The number of nitrogens with zero attached hydrogens (tertiary/aromatic N) is 3. The maximum Gasteiger partial charge on any atom is 0.164 e. The molecule has 6 N–H and O–H groups in total. The average Bonchev–Trinajstić information content (AvgIpc) is 3.27. The summed E-state index contributed by atoms with van der Waals surface area (Å²) in [4.78, 5) is 46.6. The van der Waals surface area contributed by atoms with Gasteiger partial charge in [0, 0.05) is 50.4 Å². The number of benzene rings is 7. The van der Waals surface area contributed by atoms with E-state index in [2.05, 4.69) is 33.2 Å². The Bertz CT molecular complexity index is 2340. The van der Waals surface area contributed by atoms with E-state index in [0.29, 0.717) is 34.2 Å². The van der Waals surface area contributed by atoms with Gasteiger partial charge in [0.15, 0.2) is 17.5 Å². The number of hydrogen-bond donors (Lipinski definition) is 3. The van der Waals surface area contributed by atoms with Gasteiger partial charge in [-0.3, -0.25) is 14.4 Å². The van der Waals surface area contributed by atoms with Gasteiger partial charge in [-0.1, -0.05) is 109 Å². The third-order valence-electron chi connectivity index (χ3n) is 9.22. The van der Waals surface area contributed by atoms with Crippen molar-refractivity contribution in [2.24, 2.45) is 0 Å². The van der Waals surface area contributed by atoms with Gasteiger partial charge >= 0.3 is 0 Å². The van der Waals surface area contributed by atoms with Gasteiger partial charge in [-0.25, -0.2) is 15.0 Å². The fourth-order valence-electron chi connectivity index (χ4n) is 6.05. The van der Waals surface area contributed by atoms with Crippen LogP contribution in [0.25, 0.3) is 67.5 Å². The lowest BCUT2D eigenvalue weighted by Gasteiger charge is -2.12. The van der Waals surface area contributed by atoms with Gasteiger partial charge in [0.1, 0.15) is 18.9 Å². The third kappa shape index (κ3) is 9.02. The highest BCUT2D eigenvalue weighted by molar-refractivity contribution is 5.83. The quantitative estimate of drug-likeness (QED) is 0.0962. The Morgan fingerprint density at radius 1 is 0.281 bits per heavy atom. The highest BCUT2D eigenvalue weighted by Crippen LogP contribution is 2.34. The molecule has 0 spiro atoms. The maximum absolute atomic E-state index is 10.9. The van der Waals surface area contributed by atoms with Crippen molar-refractivity contribution in [3.05, 3.63) is 180 Å². The van der Waals surface area contributed by atoms with E-state index in [1.807, 2.05) is 72.8 Å². The van der Waals surface area contributed by atoms with Gasteiger partial charge in [-0.05, 0) is 88.0 Å². The smallest absolute Gasteiger partial charge is 0.164 e. The minimum Gasteiger partial charge on any atom is -0.399 e. The standard InChI is InChI=1S/C24H15N3O3.C24H21N3/c28-13-16-1-7-19(8-2-16)22-25-23(20-9-3-17(14-29)4-10-20)27-24(26-22)21-11-5-18(15-30)6-12-21;25-22-7-1-16(2-8-22)19-13-20(17-3-9-23(26)10-4-17)15-21(14-19)18-5-11-24(27)12-6-18/h1-15H;1-15H,25-27H2. The Kier molecular flexibility index (Phi) is 11.1. The molecule has 7 aromatic carbocycles. The van der Waals surface area contributed by atoms with Crippen LogP contribution in [0.3, 0.4) is 0 Å². The highest BCUT2D eigenvalue weighted by atomic mass is 16.1. The van der Waals surface area contributed by atoms with E-state index in [4.69, 9.17) is 17.2 Å². The Balaban J connectivity index is 0.000000175. The van der Waals surface area contributed by atoms with E-state index < -0.39 is 0 Å². The molecule has 8 aromatic rings. The van der Waals surface area contributed by atoms with Crippen molar-refractivity contribution in [3.63, 3.8) is 0 Å². The Labute approximate surface area is 329 Å². The van der Waals surface area contributed by atoms with Crippen LogP contribution in [0.1, 0.15) is 31.1 Å². The second kappa shape index (κ2) is 17.0. The van der Waals surface area contributed by atoms with E-state index >= 15 is 0 Å². The first kappa shape index (κ1) is 37.3. The Morgan fingerprint density at radius 3 is 0.702 bits per heavy atom. The molecule has 0 aliphatic heterocycles. The molecular formula is C48H36N6O3. The molecule has 0 saturated carbocycles. The summed E-state index contributed by atoms with van der Waals surface area (Å²) in [5, 5.41) is 0. The SMILES string of the molecule is Nc1ccc(-c2cc(-c3ccc(N)cc3)cc(-c3ccc(N)cc3)c2)cc1.O=Cc1ccc(-c2nc(-c3ccc(C=O)cc3)nc(-c3ccc(C=O)cc3)n2)cc1. The fourth-order valence-corrected chi connectivity index (χ4v) is 6.05. The zero-order valence-electron chi connectivity index (χ0n) is 30.6. The number of carbonyl (C=O) groups excluding carboxylic acids is 3. The number of anilines is 3. The summed E-state index contributed by atoms with van der Waals surface area (Å²) in [5.74, 6) is 1.35. The second-order valence-corrected chi connectivity index (χ2v) is 13.2. The molecule has 0 amide bonds. The molecule has 1 heterocycles. The lowest BCUT2D eigenvalue weighted by atomic mass is 9.93. The molecule has 276 valence electrons. The normalized spacial score (nSPS) is 10.5. The van der Waals surface area contributed by atoms with Crippen LogP contribution in [-0.2, 0) is 0 Å². The minimum absolute atomic E-state index is 0.450. The van der Waals surface area contributed by atoms with Crippen molar-refractivity contribution in [1.29, 1.82) is 0 Å². The molecular weight excluding hydrogens is 709 g/mol. The molecule has 0 bridgehead atoms. The topological polar surface area (TPSA) is 168 Å². The summed E-state index contributed by atoms with van der Waals surface area (Å²) in [7, 11) is 0. The predicted molar refractivity (Wildman–Crippen MR) is 228 cm³/mol. The maximum atomic E-state index is 10.9. The van der Waals surface area contributed by atoms with Gasteiger partial charge in [0.25, 0.3) is 0 Å². The first-order chi connectivity index (χ1) is 27.8. The lowest BCUT2D eigenvalue weighted by molar-refractivity contribution is 0.111. The highest BCUT2D eigenvalue weighted by Gasteiger charge is 2.13. The fraction of sp³-hybridized carbons (Fsp3) is 0. The molecule has 0 aliphatic carbocycles. The summed E-state index contributed by atoms with van der Waals surface area (Å²) in [5.41, 5.74) is 30.5. The number of rotatable bonds is 9. The summed E-state index contributed by atoms with van der Waals surface area (Å²) >= 11 is 0. The van der Waals surface area contributed by atoms with Crippen LogP contribution in [0.2, 0.25) is 0 Å². The van der Waals surface area contributed by atoms with Crippen LogP contribution in [0.5, 0.6) is 0 Å². The molecule has 0 saturated heterocycles. The molecule has 0 fully saturated rings. The number of nitrogens with two attached hydrogens (primary N) is 3. The average molecular weight is 745 g/mol. The molecule has 8 rings (SSSR count). The lowest BCUT2D eigenvalue weighted by Crippen LogP contribution is -2.00. The number of carbonyl (C=O) groups is 3. The first-order valence-electron chi connectivity index (χ1n) is 17.9. The van der Waals surface area contributed by atoms with E-state index in [-0.39, 0.29) is 0 Å². The Morgan fingerprint density at radius 2 is 0.491 bits per heavy atom. The van der Waals surface area contributed by atoms with Crippen LogP contribution >= 0.6 is 0 Å². The molecule has 0 radical (unpaired) electrons. The van der Waals surface area contributed by atoms with Crippen molar-refractivity contribution in [2.75, 3.05) is 17.2 Å². The molecule has 0 atom stereocenters. The zero-order chi connectivity index (χ0) is 39.7. The van der Waals surface area contributed by atoms with Crippen molar-refractivity contribution in [1.82, 2.24) is 15.0 Å². The van der Waals surface area contributed by atoms with Gasteiger partial charge in [-0.2, -0.15) is 0 Å². The zero-order valence-corrected chi connectivity index (χ0v) is 30.6. The largest absolute Gasteiger partial charge is 0.399 e. The number of aromatic nitrogens is 3. The van der Waals surface area contributed by atoms with Crippen molar-refractivity contribution < 1.29 is 14.4 Å². The van der Waals surface area contributed by atoms with Gasteiger partial charge in [0.2, 0.25) is 0 Å². The summed E-state index contributed by atoms with van der Waals surface area (Å²) in [6, 6.07) is 51.2. The van der Waals surface area contributed by atoms with Gasteiger partial charge < -0.3 is 17.2 Å². The number of aldehydes is 3. The predicted octanol–water partition coefficient (Wildman–Crippen LogP) is 9.74.